The molecular formula is C64H74N12O8S2. The van der Waals surface area contributed by atoms with E-state index in [0.29, 0.717) is 36.1 Å². The van der Waals surface area contributed by atoms with Crippen LogP contribution >= 0.6 is 21.6 Å². The number of aromatic nitrogens is 2. The number of nitrogens with two attached hydrogens (primary N) is 3. The van der Waals surface area contributed by atoms with Crippen LogP contribution in [0.2, 0.25) is 0 Å². The maximum atomic E-state index is 15.0. The van der Waals surface area contributed by atoms with Crippen LogP contribution in [-0.2, 0) is 64.0 Å². The predicted molar refractivity (Wildman–Crippen MR) is 337 cm³/mol. The van der Waals surface area contributed by atoms with Gasteiger partial charge in [0.15, 0.2) is 0 Å². The van der Waals surface area contributed by atoms with E-state index in [2.05, 4.69) is 47.2 Å². The summed E-state index contributed by atoms with van der Waals surface area (Å²) in [7, 11) is 2.16. The minimum Gasteiger partial charge on any atom is -0.368 e. The van der Waals surface area contributed by atoms with E-state index >= 15 is 0 Å². The molecule has 20 nitrogen and oxygen atoms in total. The number of rotatable bonds is 19. The van der Waals surface area contributed by atoms with E-state index in [4.69, 9.17) is 17.2 Å². The number of benzene rings is 5. The van der Waals surface area contributed by atoms with Crippen molar-refractivity contribution in [1.82, 2.24) is 47.2 Å². The summed E-state index contributed by atoms with van der Waals surface area (Å²) in [5.74, 6) is -6.90. The molecule has 3 heterocycles. The van der Waals surface area contributed by atoms with Gasteiger partial charge in [-0.3, -0.25) is 43.3 Å². The van der Waals surface area contributed by atoms with Crippen molar-refractivity contribution >= 4 is 90.5 Å². The number of para-hydroxylation sites is 1. The number of nitrogens with one attached hydrogen (secondary N) is 8. The standard InChI is InChI=1S/C64H74N12O8S2/c1-38(2)56-64(84)75-55(62(82)71-51(57(67)77)31-39-14-12-20-45(28-39)42-16-4-3-5-17-42)37-86-85-36-54(74-58(78)48(66)30-40-24-25-43-18-6-7-19-44(43)29-40)63(83)72-52(32-41-15-13-27-68-34-41)60(80)73-53(33-46-35-69-49-22-9-8-21-47(46)49)61(81)70-50(59(79)76-56)23-10-11-26-65/h3-9,12-22,24-25,27-29,34-35,38,48,50-56,69H,10-11,23,26,30-33,36-37,65-66H2,1-2H3,(H2,67,77)(H,70,81)(H,71,82)(H,72,83)(H,73,80)(H,74,78)(H,75,84)(H,76,79)/t48-,50-,51-,52-,53+,54+,55-,56-/m0/s1. The van der Waals surface area contributed by atoms with Crippen LogP contribution in [0, 0.1) is 5.92 Å². The maximum Gasteiger partial charge on any atom is 0.244 e. The van der Waals surface area contributed by atoms with Gasteiger partial charge in [0.1, 0.15) is 42.3 Å². The largest absolute Gasteiger partial charge is 0.368 e. The van der Waals surface area contributed by atoms with E-state index in [1.807, 2.05) is 121 Å². The Balaban J connectivity index is 1.13. The van der Waals surface area contributed by atoms with Gasteiger partial charge in [-0.2, -0.15) is 0 Å². The molecule has 1 aliphatic heterocycles. The maximum absolute atomic E-state index is 15.0. The Bertz CT molecular complexity index is 3500. The molecule has 0 spiro atoms. The lowest BCUT2D eigenvalue weighted by molar-refractivity contribution is -0.136. The molecule has 0 aliphatic carbocycles. The fraction of sp³-hybridized carbons (Fsp3) is 0.328. The number of primary amides is 1. The quantitative estimate of drug-likeness (QED) is 0.0403. The van der Waals surface area contributed by atoms with Gasteiger partial charge >= 0.3 is 0 Å². The summed E-state index contributed by atoms with van der Waals surface area (Å²) in [5, 5.41) is 22.6. The lowest BCUT2D eigenvalue weighted by Crippen LogP contribution is -2.61. The molecule has 0 radical (unpaired) electrons. The molecule has 2 aromatic heterocycles. The molecule has 22 heteroatoms. The minimum atomic E-state index is -1.38. The number of pyridine rings is 1. The van der Waals surface area contributed by atoms with Gasteiger partial charge in [0.2, 0.25) is 47.3 Å². The molecule has 86 heavy (non-hydrogen) atoms. The van der Waals surface area contributed by atoms with Crippen molar-refractivity contribution in [2.75, 3.05) is 18.1 Å². The van der Waals surface area contributed by atoms with Gasteiger partial charge in [-0.15, -0.1) is 0 Å². The molecule has 8 rings (SSSR count). The number of fused-ring (bicyclic) bond motifs is 2. The molecule has 5 aromatic carbocycles. The normalized spacial score (nSPS) is 20.1. The molecule has 0 saturated carbocycles. The zero-order valence-corrected chi connectivity index (χ0v) is 49.6. The summed E-state index contributed by atoms with van der Waals surface area (Å²) in [6.07, 6.45) is 5.78. The van der Waals surface area contributed by atoms with Crippen LogP contribution in [0.3, 0.4) is 0 Å². The highest BCUT2D eigenvalue weighted by Gasteiger charge is 2.36. The van der Waals surface area contributed by atoms with E-state index in [0.717, 1.165) is 60.0 Å². The number of amides is 8. The Kier molecular flexibility index (Phi) is 22.9. The predicted octanol–water partition coefficient (Wildman–Crippen LogP) is 4.04. The number of hydrogen-bond donors (Lipinski definition) is 11. The first-order chi connectivity index (χ1) is 41.5. The highest BCUT2D eigenvalue weighted by atomic mass is 33.1. The number of unbranched alkanes of at least 4 members (excludes halogenated alkanes) is 1. The van der Waals surface area contributed by atoms with Crippen molar-refractivity contribution in [1.29, 1.82) is 0 Å². The van der Waals surface area contributed by atoms with Gasteiger partial charge in [-0.25, -0.2) is 0 Å². The van der Waals surface area contributed by atoms with Crippen molar-refractivity contribution in [3.05, 3.63) is 174 Å². The topological polar surface area (TPSA) is 328 Å². The van der Waals surface area contributed by atoms with E-state index in [1.54, 1.807) is 44.6 Å². The molecule has 8 amide bonds. The number of hydrogen-bond acceptors (Lipinski definition) is 13. The number of carbonyl (C=O) groups excluding carboxylic acids is 8. The van der Waals surface area contributed by atoms with Crippen LogP contribution in [0.4, 0.5) is 0 Å². The Morgan fingerprint density at radius 2 is 1.30 bits per heavy atom. The van der Waals surface area contributed by atoms with Gasteiger partial charge in [-0.05, 0) is 94.4 Å². The Morgan fingerprint density at radius 3 is 2.05 bits per heavy atom. The van der Waals surface area contributed by atoms with E-state index in [-0.39, 0.29) is 43.6 Å². The summed E-state index contributed by atoms with van der Waals surface area (Å²) in [5.41, 5.74) is 23.7. The van der Waals surface area contributed by atoms with Gasteiger partial charge < -0.3 is 59.4 Å². The Morgan fingerprint density at radius 1 is 0.640 bits per heavy atom. The van der Waals surface area contributed by atoms with Crippen LogP contribution in [0.25, 0.3) is 32.8 Å². The first-order valence-electron chi connectivity index (χ1n) is 28.7. The smallest absolute Gasteiger partial charge is 0.244 e. The third kappa shape index (κ3) is 17.8. The van der Waals surface area contributed by atoms with Crippen LogP contribution < -0.4 is 54.4 Å². The van der Waals surface area contributed by atoms with E-state index < -0.39 is 102 Å². The zero-order valence-electron chi connectivity index (χ0n) is 48.0. The first-order valence-corrected chi connectivity index (χ1v) is 31.2. The average Bonchev–Trinajstić information content (AvgIpc) is 4.14. The van der Waals surface area contributed by atoms with E-state index in [9.17, 15) is 38.4 Å². The molecule has 1 saturated heterocycles. The van der Waals surface area contributed by atoms with Gasteiger partial charge in [0.25, 0.3) is 0 Å². The fourth-order valence-electron chi connectivity index (χ4n) is 10.2. The lowest BCUT2D eigenvalue weighted by atomic mass is 9.99. The van der Waals surface area contributed by atoms with Crippen LogP contribution in [0.5, 0.6) is 0 Å². The number of H-pyrrole nitrogens is 1. The summed E-state index contributed by atoms with van der Waals surface area (Å²) in [6.45, 7) is 3.71. The SMILES string of the molecule is CC(C)[C@@H]1NC(=O)[C@H](CCCCN)NC(=O)[C@@H](Cc2c[nH]c3ccccc23)NC(=O)[C@H](Cc2cccnc2)NC(=O)[C@H](NC(=O)[C@@H](N)Cc2ccc3ccccc3c2)CSSC[C@@H](C(=O)N[C@@H](Cc2cccc(-c3ccccc3)c2)C(N)=O)NC1=O. The highest BCUT2D eigenvalue weighted by molar-refractivity contribution is 8.76. The average molecular weight is 1200 g/mol. The van der Waals surface area contributed by atoms with Crippen molar-refractivity contribution in [2.45, 2.75) is 107 Å². The van der Waals surface area contributed by atoms with Crippen molar-refractivity contribution in [3.8, 4) is 11.1 Å². The second-order valence-electron chi connectivity index (χ2n) is 21.7. The number of carbonyl (C=O) groups is 8. The van der Waals surface area contributed by atoms with Gasteiger partial charge in [0.05, 0.1) is 6.04 Å². The monoisotopic (exact) mass is 1200 g/mol. The molecule has 7 aromatic rings. The molecule has 450 valence electrons. The Hall–Kier alpha value is -8.57. The number of nitrogens with zero attached hydrogens (tertiary/aromatic N) is 1. The summed E-state index contributed by atoms with van der Waals surface area (Å²) < 4.78 is 0. The second kappa shape index (κ2) is 31.0. The molecule has 8 atom stereocenters. The Labute approximate surface area is 507 Å². The van der Waals surface area contributed by atoms with Crippen LogP contribution in [0.15, 0.2) is 152 Å². The molecule has 0 unspecified atom stereocenters. The molecule has 1 aliphatic rings. The van der Waals surface area contributed by atoms with Crippen molar-refractivity contribution in [2.24, 2.45) is 23.1 Å². The third-order valence-electron chi connectivity index (χ3n) is 14.9. The lowest BCUT2D eigenvalue weighted by Gasteiger charge is -2.29. The molecular weight excluding hydrogens is 1130 g/mol. The molecule has 1 fully saturated rings. The highest BCUT2D eigenvalue weighted by Crippen LogP contribution is 2.26. The van der Waals surface area contributed by atoms with Crippen molar-refractivity contribution in [3.63, 3.8) is 0 Å². The summed E-state index contributed by atoms with van der Waals surface area (Å²) in [6, 6.07) is 31.1. The van der Waals surface area contributed by atoms with E-state index in [1.165, 1.54) is 0 Å². The number of aromatic amines is 1. The second-order valence-corrected chi connectivity index (χ2v) is 24.3. The van der Waals surface area contributed by atoms with Crippen molar-refractivity contribution < 1.29 is 38.4 Å². The van der Waals surface area contributed by atoms with Gasteiger partial charge in [-0.1, -0.05) is 157 Å². The summed E-state index contributed by atoms with van der Waals surface area (Å²) in [4.78, 5) is 123. The van der Waals surface area contributed by atoms with Crippen LogP contribution in [-0.4, -0.2) is 124 Å². The molecule has 0 bridgehead atoms. The third-order valence-corrected chi connectivity index (χ3v) is 17.3. The van der Waals surface area contributed by atoms with Gasteiger partial charge in [0, 0.05) is 60.3 Å². The van der Waals surface area contributed by atoms with Crippen LogP contribution in [0.1, 0.15) is 55.4 Å². The minimum absolute atomic E-state index is 0.00811. The molecule has 14 N–H and O–H groups in total. The fourth-order valence-corrected chi connectivity index (χ4v) is 12.5. The summed E-state index contributed by atoms with van der Waals surface area (Å²) >= 11 is 0. The zero-order chi connectivity index (χ0) is 61.1. The first kappa shape index (κ1) is 63.5.